The van der Waals surface area contributed by atoms with Gasteiger partial charge in [-0.3, -0.25) is 19.4 Å². The molecule has 3 N–H and O–H groups in total. The van der Waals surface area contributed by atoms with E-state index in [1.165, 1.54) is 0 Å². The summed E-state index contributed by atoms with van der Waals surface area (Å²) in [6.07, 6.45) is 7.43. The number of hydrogen-bond acceptors (Lipinski definition) is 6. The molecule has 0 amide bonds. The molecule has 166 valence electrons. The predicted molar refractivity (Wildman–Crippen MR) is 115 cm³/mol. The number of carboxylic acid groups (broad SMARTS) is 1. The molecular formula is C21H43N3O4. The average molecular weight is 402 g/mol. The van der Waals surface area contributed by atoms with Crippen LogP contribution < -0.4 is 5.73 Å². The van der Waals surface area contributed by atoms with Crippen LogP contribution in [0.3, 0.4) is 0 Å². The van der Waals surface area contributed by atoms with Crippen LogP contribution in [0.15, 0.2) is 12.7 Å². The zero-order valence-electron chi connectivity index (χ0n) is 18.9. The standard InChI is InChI=1S/C16H32N2O2.C5H11NO2/c1-5-7-9-14-20-15(19)16(3,11-10-12-17)18(4)13-8-6-2;1-4(5(7)8)6(2)3/h6H,2,5,7-14,17H2,1,3-4H3;4H,1-3H3,(H,7,8). The molecular weight excluding hydrogens is 358 g/mol. The molecule has 0 rings (SSSR count). The number of nitrogens with two attached hydrogens (primary N) is 1. The highest BCUT2D eigenvalue weighted by molar-refractivity contribution is 5.80. The number of ether oxygens (including phenoxy) is 1. The molecule has 0 bridgehead atoms. The smallest absolute Gasteiger partial charge is 0.326 e. The third kappa shape index (κ3) is 12.1. The Morgan fingerprint density at radius 3 is 2.25 bits per heavy atom. The van der Waals surface area contributed by atoms with E-state index in [4.69, 9.17) is 15.6 Å². The van der Waals surface area contributed by atoms with Crippen molar-refractivity contribution in [1.29, 1.82) is 0 Å². The van der Waals surface area contributed by atoms with E-state index in [9.17, 15) is 9.59 Å². The SMILES string of the molecule is C=CCCN(C)C(C)(CCCN)C(=O)OCCCCC.CC(C(=O)O)N(C)C. The Bertz CT molecular complexity index is 443. The zero-order valence-corrected chi connectivity index (χ0v) is 18.9. The zero-order chi connectivity index (χ0) is 22.2. The quantitative estimate of drug-likeness (QED) is 0.262. The summed E-state index contributed by atoms with van der Waals surface area (Å²) >= 11 is 0. The lowest BCUT2D eigenvalue weighted by Gasteiger charge is -2.36. The molecule has 2 atom stereocenters. The van der Waals surface area contributed by atoms with Crippen LogP contribution in [-0.2, 0) is 14.3 Å². The lowest BCUT2D eigenvalue weighted by molar-refractivity contribution is -0.157. The molecule has 7 heteroatoms. The van der Waals surface area contributed by atoms with Gasteiger partial charge in [0.05, 0.1) is 6.61 Å². The maximum Gasteiger partial charge on any atom is 0.326 e. The van der Waals surface area contributed by atoms with Gasteiger partial charge in [-0.1, -0.05) is 25.8 Å². The third-order valence-electron chi connectivity index (χ3n) is 4.93. The number of nitrogens with zero attached hydrogens (tertiary/aromatic N) is 2. The van der Waals surface area contributed by atoms with Crippen molar-refractivity contribution < 1.29 is 19.4 Å². The van der Waals surface area contributed by atoms with Crippen LogP contribution in [0, 0.1) is 0 Å². The normalized spacial score (nSPS) is 14.0. The van der Waals surface area contributed by atoms with Crippen LogP contribution in [0.5, 0.6) is 0 Å². The van der Waals surface area contributed by atoms with E-state index in [2.05, 4.69) is 18.4 Å². The molecule has 0 radical (unpaired) electrons. The van der Waals surface area contributed by atoms with Gasteiger partial charge < -0.3 is 15.6 Å². The van der Waals surface area contributed by atoms with Gasteiger partial charge in [0.1, 0.15) is 11.6 Å². The summed E-state index contributed by atoms with van der Waals surface area (Å²) in [5.41, 5.74) is 5.00. The Kier molecular flexibility index (Phi) is 17.0. The molecule has 0 heterocycles. The van der Waals surface area contributed by atoms with Crippen molar-refractivity contribution >= 4 is 11.9 Å². The van der Waals surface area contributed by atoms with Crippen LogP contribution in [0.25, 0.3) is 0 Å². The summed E-state index contributed by atoms with van der Waals surface area (Å²) in [4.78, 5) is 26.2. The first-order chi connectivity index (χ1) is 13.1. The number of carboxylic acids is 1. The van der Waals surface area contributed by atoms with E-state index in [1.807, 2.05) is 20.0 Å². The first-order valence-electron chi connectivity index (χ1n) is 10.2. The Hall–Kier alpha value is -1.44. The maximum absolute atomic E-state index is 12.4. The van der Waals surface area contributed by atoms with Crippen LogP contribution >= 0.6 is 0 Å². The van der Waals surface area contributed by atoms with Crippen LogP contribution in [-0.4, -0.2) is 79.3 Å². The number of aliphatic carboxylic acids is 1. The van der Waals surface area contributed by atoms with Crippen molar-refractivity contribution in [2.75, 3.05) is 40.8 Å². The third-order valence-corrected chi connectivity index (χ3v) is 4.93. The summed E-state index contributed by atoms with van der Waals surface area (Å²) in [5.74, 6) is -0.913. The van der Waals surface area contributed by atoms with Crippen LogP contribution in [0.4, 0.5) is 0 Å². The molecule has 0 aliphatic heterocycles. The van der Waals surface area contributed by atoms with Crippen molar-refractivity contribution in [3.05, 3.63) is 12.7 Å². The Morgan fingerprint density at radius 1 is 1.25 bits per heavy atom. The van der Waals surface area contributed by atoms with E-state index in [0.717, 1.165) is 45.1 Å². The van der Waals surface area contributed by atoms with Gasteiger partial charge in [-0.05, 0) is 67.2 Å². The molecule has 0 aliphatic carbocycles. The lowest BCUT2D eigenvalue weighted by Crippen LogP contribution is -2.52. The summed E-state index contributed by atoms with van der Waals surface area (Å²) in [7, 11) is 5.44. The van der Waals surface area contributed by atoms with Gasteiger partial charge in [0.25, 0.3) is 0 Å². The van der Waals surface area contributed by atoms with Crippen molar-refractivity contribution in [2.45, 2.75) is 70.9 Å². The number of unbranched alkanes of at least 4 members (excludes halogenated alkanes) is 2. The number of hydrogen-bond donors (Lipinski definition) is 2. The van der Waals surface area contributed by atoms with Gasteiger partial charge in [-0.25, -0.2) is 0 Å². The number of carbonyl (C=O) groups excluding carboxylic acids is 1. The number of likely N-dealkylation sites (N-methyl/N-ethyl adjacent to an activating group) is 2. The number of esters is 1. The Morgan fingerprint density at radius 2 is 1.86 bits per heavy atom. The molecule has 0 aromatic carbocycles. The molecule has 28 heavy (non-hydrogen) atoms. The molecule has 0 saturated heterocycles. The average Bonchev–Trinajstić information content (AvgIpc) is 2.66. The van der Waals surface area contributed by atoms with Crippen molar-refractivity contribution in [1.82, 2.24) is 9.80 Å². The van der Waals surface area contributed by atoms with Gasteiger partial charge in [0, 0.05) is 6.54 Å². The highest BCUT2D eigenvalue weighted by atomic mass is 16.5. The summed E-state index contributed by atoms with van der Waals surface area (Å²) in [5, 5.41) is 8.31. The van der Waals surface area contributed by atoms with Gasteiger partial charge in [-0.2, -0.15) is 0 Å². The predicted octanol–water partition coefficient (Wildman–Crippen LogP) is 2.75. The van der Waals surface area contributed by atoms with Crippen LogP contribution in [0.1, 0.15) is 59.3 Å². The second-order valence-electron chi connectivity index (χ2n) is 7.49. The monoisotopic (exact) mass is 401 g/mol. The molecule has 0 fully saturated rings. The first-order valence-corrected chi connectivity index (χ1v) is 10.2. The summed E-state index contributed by atoms with van der Waals surface area (Å²) < 4.78 is 5.46. The second-order valence-corrected chi connectivity index (χ2v) is 7.49. The largest absolute Gasteiger partial charge is 0.480 e. The van der Waals surface area contributed by atoms with Gasteiger partial charge >= 0.3 is 11.9 Å². The topological polar surface area (TPSA) is 96.1 Å². The van der Waals surface area contributed by atoms with E-state index in [0.29, 0.717) is 13.2 Å². The Labute approximate surface area is 171 Å². The molecule has 0 aromatic heterocycles. The molecule has 7 nitrogen and oxygen atoms in total. The Balaban J connectivity index is 0. The summed E-state index contributed by atoms with van der Waals surface area (Å²) in [6, 6.07) is -0.380. The fourth-order valence-corrected chi connectivity index (χ4v) is 2.32. The van der Waals surface area contributed by atoms with Crippen molar-refractivity contribution in [3.8, 4) is 0 Å². The van der Waals surface area contributed by atoms with E-state index in [-0.39, 0.29) is 12.0 Å². The molecule has 0 aromatic rings. The molecule has 2 unspecified atom stereocenters. The molecule has 0 saturated carbocycles. The number of carbonyl (C=O) groups is 2. The van der Waals surface area contributed by atoms with Gasteiger partial charge in [0.2, 0.25) is 0 Å². The fourth-order valence-electron chi connectivity index (χ4n) is 2.32. The van der Waals surface area contributed by atoms with Gasteiger partial charge in [0.15, 0.2) is 0 Å². The number of rotatable bonds is 14. The summed E-state index contributed by atoms with van der Waals surface area (Å²) in [6.45, 7) is 11.4. The molecule has 0 spiro atoms. The van der Waals surface area contributed by atoms with Crippen molar-refractivity contribution in [3.63, 3.8) is 0 Å². The second kappa shape index (κ2) is 16.5. The highest BCUT2D eigenvalue weighted by Gasteiger charge is 2.38. The van der Waals surface area contributed by atoms with E-state index >= 15 is 0 Å². The van der Waals surface area contributed by atoms with Crippen molar-refractivity contribution in [2.24, 2.45) is 5.73 Å². The first kappa shape index (κ1) is 28.8. The highest BCUT2D eigenvalue weighted by Crippen LogP contribution is 2.22. The maximum atomic E-state index is 12.4. The minimum absolute atomic E-state index is 0.131. The van der Waals surface area contributed by atoms with E-state index < -0.39 is 11.5 Å². The molecule has 0 aliphatic rings. The lowest BCUT2D eigenvalue weighted by atomic mass is 9.93. The minimum atomic E-state index is -0.782. The van der Waals surface area contributed by atoms with Crippen LogP contribution in [0.2, 0.25) is 0 Å². The minimum Gasteiger partial charge on any atom is -0.480 e. The van der Waals surface area contributed by atoms with E-state index in [1.54, 1.807) is 25.9 Å². The van der Waals surface area contributed by atoms with Gasteiger partial charge in [-0.15, -0.1) is 6.58 Å². The fraction of sp³-hybridized carbons (Fsp3) is 0.810.